The molecule has 0 saturated carbocycles. The molecule has 0 saturated heterocycles. The Labute approximate surface area is 105 Å². The second-order valence-corrected chi connectivity index (χ2v) is 7.39. The fourth-order valence-electron chi connectivity index (χ4n) is 1.44. The van der Waals surface area contributed by atoms with Crippen LogP contribution in [0.4, 0.5) is 0 Å². The Bertz CT molecular complexity index is 561. The number of nitrogens with two attached hydrogens (primary N) is 1. The molecular formula is C10H16N2O3S2. The third kappa shape index (κ3) is 3.35. The molecule has 0 spiro atoms. The fraction of sp³-hybridized carbons (Fsp3) is 0.500. The second kappa shape index (κ2) is 4.49. The molecule has 0 aliphatic rings. The number of amides is 1. The molecule has 1 atom stereocenters. The molecule has 0 bridgehead atoms. The lowest BCUT2D eigenvalue weighted by molar-refractivity contribution is -0.115. The SMILES string of the molecule is CC(=O)N=S(N)(=O)c1cc(C)c(C(C)(C)O)s1. The van der Waals surface area contributed by atoms with Gasteiger partial charge in [0.05, 0.1) is 5.60 Å². The van der Waals surface area contributed by atoms with Gasteiger partial charge in [-0.15, -0.1) is 15.7 Å². The molecule has 7 heteroatoms. The van der Waals surface area contributed by atoms with Crippen LogP contribution in [-0.4, -0.2) is 15.2 Å². The predicted octanol–water partition coefficient (Wildman–Crippen LogP) is 1.53. The minimum absolute atomic E-state index is 0.308. The molecule has 0 aliphatic carbocycles. The summed E-state index contributed by atoms with van der Waals surface area (Å²) in [5.74, 6) is -0.576. The van der Waals surface area contributed by atoms with Gasteiger partial charge in [0.25, 0.3) is 5.91 Å². The minimum Gasteiger partial charge on any atom is -0.385 e. The van der Waals surface area contributed by atoms with E-state index in [0.29, 0.717) is 9.09 Å². The van der Waals surface area contributed by atoms with Crippen molar-refractivity contribution in [2.75, 3.05) is 0 Å². The molecule has 3 N–H and O–H groups in total. The van der Waals surface area contributed by atoms with E-state index in [9.17, 15) is 14.1 Å². The highest BCUT2D eigenvalue weighted by atomic mass is 32.2. The first-order valence-electron chi connectivity index (χ1n) is 4.93. The Kier molecular flexibility index (Phi) is 3.78. The van der Waals surface area contributed by atoms with Gasteiger partial charge in [-0.05, 0) is 32.4 Å². The predicted molar refractivity (Wildman–Crippen MR) is 68.0 cm³/mol. The van der Waals surface area contributed by atoms with Crippen molar-refractivity contribution in [3.05, 3.63) is 16.5 Å². The maximum absolute atomic E-state index is 12.0. The van der Waals surface area contributed by atoms with E-state index >= 15 is 0 Å². The number of hydrogen-bond donors (Lipinski definition) is 2. The summed E-state index contributed by atoms with van der Waals surface area (Å²) in [5.41, 5.74) is -0.243. The van der Waals surface area contributed by atoms with Gasteiger partial charge in [-0.25, -0.2) is 9.35 Å². The van der Waals surface area contributed by atoms with Crippen LogP contribution in [-0.2, 0) is 20.3 Å². The van der Waals surface area contributed by atoms with Crippen LogP contribution in [0.3, 0.4) is 0 Å². The molecule has 0 aliphatic heterocycles. The summed E-state index contributed by atoms with van der Waals surface area (Å²) < 4.78 is 15.7. The molecule has 1 rings (SSSR count). The molecule has 0 radical (unpaired) electrons. The van der Waals surface area contributed by atoms with Crippen molar-refractivity contribution in [2.24, 2.45) is 9.50 Å². The number of nitrogens with zero attached hydrogens (tertiary/aromatic N) is 1. The largest absolute Gasteiger partial charge is 0.385 e. The fourth-order valence-corrected chi connectivity index (χ4v) is 4.00. The van der Waals surface area contributed by atoms with Crippen LogP contribution in [0.15, 0.2) is 14.6 Å². The lowest BCUT2D eigenvalue weighted by Crippen LogP contribution is -2.14. The van der Waals surface area contributed by atoms with E-state index in [1.165, 1.54) is 6.92 Å². The number of carbonyl (C=O) groups excluding carboxylic acids is 1. The van der Waals surface area contributed by atoms with Gasteiger partial charge in [0, 0.05) is 11.8 Å². The molecule has 0 fully saturated rings. The van der Waals surface area contributed by atoms with Crippen LogP contribution in [0.1, 0.15) is 31.2 Å². The van der Waals surface area contributed by atoms with Gasteiger partial charge in [0.15, 0.2) is 9.92 Å². The molecular weight excluding hydrogens is 260 g/mol. The summed E-state index contributed by atoms with van der Waals surface area (Å²) in [6, 6.07) is 1.60. The number of thiophene rings is 1. The van der Waals surface area contributed by atoms with Crippen LogP contribution in [0.5, 0.6) is 0 Å². The zero-order valence-electron chi connectivity index (χ0n) is 10.2. The Morgan fingerprint density at radius 2 is 2.12 bits per heavy atom. The highest BCUT2D eigenvalue weighted by Crippen LogP contribution is 2.33. The van der Waals surface area contributed by atoms with Crippen molar-refractivity contribution in [3.63, 3.8) is 0 Å². The molecule has 96 valence electrons. The summed E-state index contributed by atoms with van der Waals surface area (Å²) in [7, 11) is -3.19. The van der Waals surface area contributed by atoms with Crippen LogP contribution in [0.2, 0.25) is 0 Å². The summed E-state index contributed by atoms with van der Waals surface area (Å²) in [4.78, 5) is 11.5. The van der Waals surface area contributed by atoms with Crippen molar-refractivity contribution >= 4 is 27.2 Å². The quantitative estimate of drug-likeness (QED) is 0.858. The average molecular weight is 276 g/mol. The average Bonchev–Trinajstić information content (AvgIpc) is 2.44. The standard InChI is InChI=1S/C10H16N2O3S2/c1-6-5-8(16-9(6)10(3,4)14)17(11,15)12-7(2)13/h5,14H,1-4H3,(H2,11,12,13,15). The first-order chi connectivity index (χ1) is 7.54. The van der Waals surface area contributed by atoms with Gasteiger partial charge in [-0.3, -0.25) is 4.79 Å². The molecule has 1 heterocycles. The summed E-state index contributed by atoms with van der Waals surface area (Å²) in [6.45, 7) is 6.26. The van der Waals surface area contributed by atoms with Crippen LogP contribution >= 0.6 is 11.3 Å². The monoisotopic (exact) mass is 276 g/mol. The van der Waals surface area contributed by atoms with E-state index in [-0.39, 0.29) is 0 Å². The third-order valence-electron chi connectivity index (χ3n) is 2.00. The Hall–Kier alpha value is -0.760. The Morgan fingerprint density at radius 3 is 2.47 bits per heavy atom. The maximum atomic E-state index is 12.0. The Morgan fingerprint density at radius 1 is 1.59 bits per heavy atom. The zero-order valence-corrected chi connectivity index (χ0v) is 11.8. The zero-order chi connectivity index (χ0) is 13.4. The number of aliphatic hydroxyl groups is 1. The number of carbonyl (C=O) groups is 1. The topological polar surface area (TPSA) is 92.8 Å². The van der Waals surface area contributed by atoms with E-state index in [0.717, 1.165) is 16.9 Å². The van der Waals surface area contributed by atoms with Gasteiger partial charge in [-0.2, -0.15) is 0 Å². The molecule has 0 aromatic carbocycles. The highest BCUT2D eigenvalue weighted by molar-refractivity contribution is 7.93. The summed E-state index contributed by atoms with van der Waals surface area (Å²) in [6.07, 6.45) is 0. The van der Waals surface area contributed by atoms with Crippen molar-refractivity contribution in [3.8, 4) is 0 Å². The first kappa shape index (κ1) is 14.3. The number of rotatable bonds is 2. The van der Waals surface area contributed by atoms with E-state index in [1.54, 1.807) is 26.8 Å². The number of hydrogen-bond acceptors (Lipinski definition) is 4. The number of aryl methyl sites for hydroxylation is 1. The third-order valence-corrected chi connectivity index (χ3v) is 5.54. The van der Waals surface area contributed by atoms with E-state index in [4.69, 9.17) is 5.14 Å². The van der Waals surface area contributed by atoms with Crippen LogP contribution in [0, 0.1) is 6.92 Å². The van der Waals surface area contributed by atoms with Gasteiger partial charge in [0.1, 0.15) is 4.21 Å². The summed E-state index contributed by atoms with van der Waals surface area (Å²) >= 11 is 1.12. The smallest absolute Gasteiger partial charge is 0.251 e. The van der Waals surface area contributed by atoms with Crippen molar-refractivity contribution < 1.29 is 14.1 Å². The lowest BCUT2D eigenvalue weighted by Gasteiger charge is -2.15. The highest BCUT2D eigenvalue weighted by Gasteiger charge is 2.24. The summed E-state index contributed by atoms with van der Waals surface area (Å²) in [5, 5.41) is 15.4. The van der Waals surface area contributed by atoms with Crippen LogP contribution < -0.4 is 5.14 Å². The van der Waals surface area contributed by atoms with E-state index in [2.05, 4.69) is 4.36 Å². The van der Waals surface area contributed by atoms with Gasteiger partial charge in [0.2, 0.25) is 0 Å². The van der Waals surface area contributed by atoms with Crippen LogP contribution in [0.25, 0.3) is 0 Å². The van der Waals surface area contributed by atoms with E-state index in [1.807, 2.05) is 0 Å². The normalized spacial score (nSPS) is 15.4. The van der Waals surface area contributed by atoms with Gasteiger partial charge in [-0.1, -0.05) is 0 Å². The molecule has 1 aromatic rings. The van der Waals surface area contributed by atoms with Gasteiger partial charge < -0.3 is 5.11 Å². The maximum Gasteiger partial charge on any atom is 0.251 e. The molecule has 5 nitrogen and oxygen atoms in total. The molecule has 1 unspecified atom stereocenters. The second-order valence-electron chi connectivity index (χ2n) is 4.32. The first-order valence-corrected chi connectivity index (χ1v) is 7.32. The van der Waals surface area contributed by atoms with Crippen molar-refractivity contribution in [1.29, 1.82) is 0 Å². The molecule has 17 heavy (non-hydrogen) atoms. The van der Waals surface area contributed by atoms with Gasteiger partial charge >= 0.3 is 0 Å². The Balaban J connectivity index is 3.38. The lowest BCUT2D eigenvalue weighted by atomic mass is 10.1. The van der Waals surface area contributed by atoms with Crippen molar-refractivity contribution in [2.45, 2.75) is 37.5 Å². The minimum atomic E-state index is -3.19. The molecule has 1 aromatic heterocycles. The van der Waals surface area contributed by atoms with E-state index < -0.39 is 21.4 Å². The molecule has 1 amide bonds. The van der Waals surface area contributed by atoms with Crippen molar-refractivity contribution in [1.82, 2.24) is 0 Å².